The maximum atomic E-state index is 14.1. The van der Waals surface area contributed by atoms with Gasteiger partial charge in [0.05, 0.1) is 23.8 Å². The molecule has 5 rings (SSSR count). The predicted octanol–water partition coefficient (Wildman–Crippen LogP) is 4.12. The number of aromatic carboxylic acids is 1. The Balaban J connectivity index is 1.48. The van der Waals surface area contributed by atoms with Crippen LogP contribution in [0.2, 0.25) is 0 Å². The Bertz CT molecular complexity index is 1750. The smallest absolute Gasteiger partial charge is 0.356 e. The molecule has 3 heterocycles. The standard InChI is InChI=1S/C29H30FN5O7S2/c1-19-26(29(37)38)33-35(22-6-2-5-20(30)17-22)28(19)42-23-9-8-21(32-27(36)24-7-3-16-43-24)18-25(23)44(39,40)31-10-4-11-34-12-14-41-15-13-34/h2-3,5-9,16-18,31H,4,10-15H2,1H3,(H,32,36)(H,37,38). The van der Waals surface area contributed by atoms with Crippen molar-refractivity contribution in [1.82, 2.24) is 19.4 Å². The zero-order valence-corrected chi connectivity index (χ0v) is 25.3. The van der Waals surface area contributed by atoms with Crippen LogP contribution in [0.4, 0.5) is 10.1 Å². The molecule has 12 nitrogen and oxygen atoms in total. The summed E-state index contributed by atoms with van der Waals surface area (Å²) in [6.45, 7) is 5.07. The Morgan fingerprint density at radius 3 is 2.64 bits per heavy atom. The van der Waals surface area contributed by atoms with Crippen LogP contribution in [0.3, 0.4) is 0 Å². The van der Waals surface area contributed by atoms with Crippen molar-refractivity contribution in [3.05, 3.63) is 81.9 Å². The highest BCUT2D eigenvalue weighted by molar-refractivity contribution is 7.89. The van der Waals surface area contributed by atoms with Crippen LogP contribution >= 0.6 is 11.3 Å². The van der Waals surface area contributed by atoms with E-state index in [0.29, 0.717) is 31.1 Å². The molecule has 2 aromatic carbocycles. The lowest BCUT2D eigenvalue weighted by molar-refractivity contribution is 0.0376. The summed E-state index contributed by atoms with van der Waals surface area (Å²) in [6, 6.07) is 12.7. The fourth-order valence-corrected chi connectivity index (χ4v) is 6.43. The fraction of sp³-hybridized carbons (Fsp3) is 0.276. The normalized spacial score (nSPS) is 14.0. The summed E-state index contributed by atoms with van der Waals surface area (Å²) < 4.78 is 56.5. The molecule has 4 aromatic rings. The summed E-state index contributed by atoms with van der Waals surface area (Å²) in [5.74, 6) is -2.62. The van der Waals surface area contributed by atoms with Crippen LogP contribution in [0.15, 0.2) is 64.9 Å². The van der Waals surface area contributed by atoms with E-state index in [0.717, 1.165) is 23.8 Å². The molecule has 0 atom stereocenters. The largest absolute Gasteiger partial charge is 0.476 e. The number of carboxylic acid groups (broad SMARTS) is 1. The highest BCUT2D eigenvalue weighted by atomic mass is 32.2. The van der Waals surface area contributed by atoms with Crippen molar-refractivity contribution in [2.75, 3.05) is 44.7 Å². The maximum absolute atomic E-state index is 14.1. The van der Waals surface area contributed by atoms with E-state index >= 15 is 0 Å². The fourth-order valence-electron chi connectivity index (χ4n) is 4.58. The highest BCUT2D eigenvalue weighted by Gasteiger charge is 2.27. The number of carbonyl (C=O) groups is 2. The van der Waals surface area contributed by atoms with Crippen molar-refractivity contribution >= 4 is 38.9 Å². The van der Waals surface area contributed by atoms with Crippen LogP contribution in [0.1, 0.15) is 32.1 Å². The minimum atomic E-state index is -4.21. The van der Waals surface area contributed by atoms with Gasteiger partial charge in [0.25, 0.3) is 5.91 Å². The van der Waals surface area contributed by atoms with E-state index in [-0.39, 0.29) is 45.7 Å². The Labute approximate surface area is 257 Å². The molecular formula is C29H30FN5O7S2. The van der Waals surface area contributed by atoms with Crippen molar-refractivity contribution in [3.8, 4) is 17.3 Å². The molecule has 1 fully saturated rings. The molecule has 2 aromatic heterocycles. The van der Waals surface area contributed by atoms with E-state index in [4.69, 9.17) is 9.47 Å². The Morgan fingerprint density at radius 2 is 1.93 bits per heavy atom. The van der Waals surface area contributed by atoms with Gasteiger partial charge in [0.15, 0.2) is 5.69 Å². The third-order valence-corrected chi connectivity index (χ3v) is 9.16. The Morgan fingerprint density at radius 1 is 1.14 bits per heavy atom. The number of carboxylic acids is 1. The van der Waals surface area contributed by atoms with Gasteiger partial charge in [-0.3, -0.25) is 9.69 Å². The minimum absolute atomic E-state index is 0.0960. The second-order valence-corrected chi connectivity index (χ2v) is 12.6. The molecule has 0 radical (unpaired) electrons. The van der Waals surface area contributed by atoms with Gasteiger partial charge >= 0.3 is 5.97 Å². The van der Waals surface area contributed by atoms with Gasteiger partial charge in [-0.15, -0.1) is 11.3 Å². The van der Waals surface area contributed by atoms with Gasteiger partial charge in [0.1, 0.15) is 16.5 Å². The first-order valence-electron chi connectivity index (χ1n) is 13.7. The lowest BCUT2D eigenvalue weighted by atomic mass is 10.2. The first kappa shape index (κ1) is 31.3. The van der Waals surface area contributed by atoms with Gasteiger partial charge in [-0.2, -0.15) is 9.78 Å². The summed E-state index contributed by atoms with van der Waals surface area (Å²) >= 11 is 1.23. The van der Waals surface area contributed by atoms with E-state index in [1.165, 1.54) is 54.7 Å². The number of halogens is 1. The SMILES string of the molecule is Cc1c(C(=O)O)nn(-c2cccc(F)c2)c1Oc1ccc(NC(=O)c2cccs2)cc1S(=O)(=O)NCCCN1CCOCC1. The molecule has 3 N–H and O–H groups in total. The number of aromatic nitrogens is 2. The van der Waals surface area contributed by atoms with E-state index in [9.17, 15) is 27.5 Å². The molecule has 0 aliphatic carbocycles. The highest BCUT2D eigenvalue weighted by Crippen LogP contribution is 2.35. The van der Waals surface area contributed by atoms with E-state index in [1.54, 1.807) is 17.5 Å². The zero-order valence-electron chi connectivity index (χ0n) is 23.7. The van der Waals surface area contributed by atoms with Gasteiger partial charge in [0.2, 0.25) is 15.9 Å². The molecule has 1 aliphatic rings. The van der Waals surface area contributed by atoms with Crippen LogP contribution < -0.4 is 14.8 Å². The molecule has 1 amide bonds. The van der Waals surface area contributed by atoms with Crippen molar-refractivity contribution < 1.29 is 37.0 Å². The number of hydrogen-bond donors (Lipinski definition) is 3. The van der Waals surface area contributed by atoms with Crippen molar-refractivity contribution in [2.45, 2.75) is 18.2 Å². The van der Waals surface area contributed by atoms with Crippen LogP contribution in [0.5, 0.6) is 11.6 Å². The van der Waals surface area contributed by atoms with Crippen molar-refractivity contribution in [3.63, 3.8) is 0 Å². The number of carbonyl (C=O) groups excluding carboxylic acids is 1. The van der Waals surface area contributed by atoms with Crippen LogP contribution in [0.25, 0.3) is 5.69 Å². The molecule has 1 saturated heterocycles. The van der Waals surface area contributed by atoms with E-state index in [2.05, 4.69) is 20.0 Å². The summed E-state index contributed by atoms with van der Waals surface area (Å²) in [4.78, 5) is 26.9. The summed E-state index contributed by atoms with van der Waals surface area (Å²) in [7, 11) is -4.21. The zero-order chi connectivity index (χ0) is 31.3. The lowest BCUT2D eigenvalue weighted by Crippen LogP contribution is -2.38. The number of sulfonamides is 1. The number of ether oxygens (including phenoxy) is 2. The molecule has 0 spiro atoms. The third kappa shape index (κ3) is 7.31. The lowest BCUT2D eigenvalue weighted by Gasteiger charge is -2.26. The number of nitrogens with zero attached hydrogens (tertiary/aromatic N) is 3. The maximum Gasteiger partial charge on any atom is 0.356 e. The first-order chi connectivity index (χ1) is 21.1. The molecule has 1 aliphatic heterocycles. The summed E-state index contributed by atoms with van der Waals surface area (Å²) in [6.07, 6.45) is 0.539. The number of rotatable bonds is 12. The topological polar surface area (TPSA) is 152 Å². The summed E-state index contributed by atoms with van der Waals surface area (Å²) in [5.41, 5.74) is 0.112. The Hall–Kier alpha value is -4.15. The molecule has 15 heteroatoms. The van der Waals surface area contributed by atoms with Gasteiger partial charge in [-0.1, -0.05) is 12.1 Å². The molecule has 44 heavy (non-hydrogen) atoms. The van der Waals surface area contributed by atoms with E-state index in [1.807, 2.05) is 0 Å². The molecule has 0 bridgehead atoms. The average molecular weight is 644 g/mol. The van der Waals surface area contributed by atoms with Crippen molar-refractivity contribution in [1.29, 1.82) is 0 Å². The number of amides is 1. The first-order valence-corrected chi connectivity index (χ1v) is 16.0. The Kier molecular flexibility index (Phi) is 9.71. The minimum Gasteiger partial charge on any atom is -0.476 e. The number of nitrogens with one attached hydrogen (secondary N) is 2. The van der Waals surface area contributed by atoms with Crippen molar-refractivity contribution in [2.24, 2.45) is 0 Å². The van der Waals surface area contributed by atoms with Gasteiger partial charge in [-0.25, -0.2) is 22.3 Å². The van der Waals surface area contributed by atoms with Crippen LogP contribution in [-0.2, 0) is 14.8 Å². The quantitative estimate of drug-likeness (QED) is 0.194. The second kappa shape index (κ2) is 13.7. The third-order valence-electron chi connectivity index (χ3n) is 6.81. The molecular weight excluding hydrogens is 613 g/mol. The number of hydrogen-bond acceptors (Lipinski definition) is 9. The number of thiophene rings is 1. The number of anilines is 1. The number of benzene rings is 2. The van der Waals surface area contributed by atoms with Gasteiger partial charge in [-0.05, 0) is 67.7 Å². The molecule has 0 unspecified atom stereocenters. The van der Waals surface area contributed by atoms with Crippen LogP contribution in [0, 0.1) is 12.7 Å². The van der Waals surface area contributed by atoms with Gasteiger partial charge in [0, 0.05) is 30.9 Å². The monoisotopic (exact) mass is 643 g/mol. The summed E-state index contributed by atoms with van der Waals surface area (Å²) in [5, 5.41) is 18.2. The number of morpholine rings is 1. The van der Waals surface area contributed by atoms with E-state index < -0.39 is 27.7 Å². The molecule has 232 valence electrons. The predicted molar refractivity (Wildman–Crippen MR) is 161 cm³/mol. The average Bonchev–Trinajstić information content (AvgIpc) is 3.66. The second-order valence-electron chi connectivity index (χ2n) is 9.88. The molecule has 0 saturated carbocycles. The van der Waals surface area contributed by atoms with Gasteiger partial charge < -0.3 is 19.9 Å². The van der Waals surface area contributed by atoms with Crippen LogP contribution in [-0.4, -0.2) is 79.5 Å².